The number of nitrogens with zero attached hydrogens (tertiary/aromatic N) is 1. The van der Waals surface area contributed by atoms with Crippen LogP contribution in [0.2, 0.25) is 0 Å². The number of guanidine groups is 1. The molecule has 1 aromatic rings. The van der Waals surface area contributed by atoms with Gasteiger partial charge in [0.1, 0.15) is 0 Å². The van der Waals surface area contributed by atoms with Gasteiger partial charge in [-0.25, -0.2) is 0 Å². The van der Waals surface area contributed by atoms with Crippen LogP contribution in [0.3, 0.4) is 0 Å². The highest BCUT2D eigenvalue weighted by molar-refractivity contribution is 14.0. The molecule has 6 nitrogen and oxygen atoms in total. The van der Waals surface area contributed by atoms with Crippen molar-refractivity contribution in [1.29, 1.82) is 0 Å². The number of ether oxygens (including phenoxy) is 3. The van der Waals surface area contributed by atoms with E-state index in [4.69, 9.17) is 14.2 Å². The summed E-state index contributed by atoms with van der Waals surface area (Å²) in [5.41, 5.74) is 1.12. The van der Waals surface area contributed by atoms with E-state index in [2.05, 4.69) is 29.5 Å². The second kappa shape index (κ2) is 11.4. The van der Waals surface area contributed by atoms with E-state index >= 15 is 0 Å². The van der Waals surface area contributed by atoms with Gasteiger partial charge in [0, 0.05) is 33.4 Å². The second-order valence-corrected chi connectivity index (χ2v) is 5.86. The van der Waals surface area contributed by atoms with Gasteiger partial charge in [-0.15, -0.1) is 24.0 Å². The SMILES string of the molecule is CN=C(NCCCOCC(C)C)NCc1ccc2c(c1)OCO2.I. The molecule has 1 aliphatic rings. The molecule has 0 bridgehead atoms. The minimum absolute atomic E-state index is 0. The molecule has 24 heavy (non-hydrogen) atoms. The Bertz CT molecular complexity index is 524. The highest BCUT2D eigenvalue weighted by atomic mass is 127. The van der Waals surface area contributed by atoms with Gasteiger partial charge in [-0.2, -0.15) is 0 Å². The molecule has 136 valence electrons. The summed E-state index contributed by atoms with van der Waals surface area (Å²) >= 11 is 0. The third-order valence-electron chi connectivity index (χ3n) is 3.33. The largest absolute Gasteiger partial charge is 0.454 e. The van der Waals surface area contributed by atoms with Gasteiger partial charge >= 0.3 is 0 Å². The number of hydrogen-bond donors (Lipinski definition) is 2. The molecule has 0 saturated heterocycles. The Labute approximate surface area is 161 Å². The van der Waals surface area contributed by atoms with E-state index in [1.165, 1.54) is 0 Å². The number of nitrogens with one attached hydrogen (secondary N) is 2. The highest BCUT2D eigenvalue weighted by Gasteiger charge is 2.13. The fourth-order valence-electron chi connectivity index (χ4n) is 2.16. The number of benzene rings is 1. The van der Waals surface area contributed by atoms with Crippen LogP contribution in [0, 0.1) is 5.92 Å². The van der Waals surface area contributed by atoms with E-state index in [1.807, 2.05) is 18.2 Å². The summed E-state index contributed by atoms with van der Waals surface area (Å²) in [6.45, 7) is 7.70. The van der Waals surface area contributed by atoms with Crippen LogP contribution in [0.1, 0.15) is 25.8 Å². The van der Waals surface area contributed by atoms with Crippen LogP contribution in [0.25, 0.3) is 0 Å². The maximum Gasteiger partial charge on any atom is 0.231 e. The van der Waals surface area contributed by atoms with Gasteiger partial charge in [-0.05, 0) is 30.0 Å². The van der Waals surface area contributed by atoms with Crippen molar-refractivity contribution in [1.82, 2.24) is 10.6 Å². The van der Waals surface area contributed by atoms with Gasteiger partial charge in [0.25, 0.3) is 0 Å². The Morgan fingerprint density at radius 3 is 2.79 bits per heavy atom. The van der Waals surface area contributed by atoms with E-state index in [-0.39, 0.29) is 24.0 Å². The third-order valence-corrected chi connectivity index (χ3v) is 3.33. The lowest BCUT2D eigenvalue weighted by molar-refractivity contribution is 0.108. The minimum atomic E-state index is 0. The van der Waals surface area contributed by atoms with Crippen molar-refractivity contribution in [3.63, 3.8) is 0 Å². The van der Waals surface area contributed by atoms with Gasteiger partial charge in [-0.1, -0.05) is 19.9 Å². The van der Waals surface area contributed by atoms with Crippen molar-refractivity contribution in [2.75, 3.05) is 33.6 Å². The van der Waals surface area contributed by atoms with Crippen molar-refractivity contribution in [2.24, 2.45) is 10.9 Å². The monoisotopic (exact) mass is 449 g/mol. The standard InChI is InChI=1S/C17H27N3O3.HI/c1-13(2)11-21-8-4-7-19-17(18-3)20-10-14-5-6-15-16(9-14)23-12-22-15;/h5-6,9,13H,4,7-8,10-12H2,1-3H3,(H2,18,19,20);1H. The summed E-state index contributed by atoms with van der Waals surface area (Å²) in [5, 5.41) is 6.57. The first-order valence-corrected chi connectivity index (χ1v) is 8.10. The molecule has 1 heterocycles. The van der Waals surface area contributed by atoms with E-state index in [1.54, 1.807) is 7.05 Å². The van der Waals surface area contributed by atoms with Crippen LogP contribution in [0.4, 0.5) is 0 Å². The van der Waals surface area contributed by atoms with Crippen LogP contribution < -0.4 is 20.1 Å². The van der Waals surface area contributed by atoms with Crippen molar-refractivity contribution in [2.45, 2.75) is 26.8 Å². The van der Waals surface area contributed by atoms with Crippen molar-refractivity contribution in [3.05, 3.63) is 23.8 Å². The van der Waals surface area contributed by atoms with E-state index < -0.39 is 0 Å². The predicted molar refractivity (Wildman–Crippen MR) is 106 cm³/mol. The lowest BCUT2D eigenvalue weighted by Gasteiger charge is -2.12. The average molecular weight is 449 g/mol. The third kappa shape index (κ3) is 7.12. The molecule has 2 rings (SSSR count). The molecule has 0 amide bonds. The fourth-order valence-corrected chi connectivity index (χ4v) is 2.16. The number of halogens is 1. The topological polar surface area (TPSA) is 64.1 Å². The van der Waals surface area contributed by atoms with E-state index in [9.17, 15) is 0 Å². The molecule has 0 saturated carbocycles. The van der Waals surface area contributed by atoms with Gasteiger partial charge in [0.15, 0.2) is 17.5 Å². The average Bonchev–Trinajstić information content (AvgIpc) is 3.00. The maximum atomic E-state index is 5.56. The first kappa shape index (κ1) is 20.8. The van der Waals surface area contributed by atoms with Gasteiger partial charge in [-0.3, -0.25) is 4.99 Å². The summed E-state index contributed by atoms with van der Waals surface area (Å²) in [7, 11) is 1.77. The Hall–Kier alpha value is -1.22. The number of fused-ring (bicyclic) bond motifs is 1. The fraction of sp³-hybridized carbons (Fsp3) is 0.588. The number of rotatable bonds is 8. The summed E-state index contributed by atoms with van der Waals surface area (Å²) in [6, 6.07) is 5.94. The molecule has 0 radical (unpaired) electrons. The Morgan fingerprint density at radius 1 is 1.25 bits per heavy atom. The molecule has 1 aliphatic heterocycles. The predicted octanol–water partition coefficient (Wildman–Crippen LogP) is 2.76. The molecular weight excluding hydrogens is 421 g/mol. The molecule has 7 heteroatoms. The highest BCUT2D eigenvalue weighted by Crippen LogP contribution is 2.32. The van der Waals surface area contributed by atoms with Crippen LogP contribution in [-0.4, -0.2) is 39.6 Å². The Kier molecular flexibility index (Phi) is 9.85. The van der Waals surface area contributed by atoms with Crippen molar-refractivity contribution < 1.29 is 14.2 Å². The van der Waals surface area contributed by atoms with Crippen LogP contribution >= 0.6 is 24.0 Å². The van der Waals surface area contributed by atoms with Gasteiger partial charge in [0.05, 0.1) is 0 Å². The zero-order valence-electron chi connectivity index (χ0n) is 14.6. The van der Waals surface area contributed by atoms with Crippen LogP contribution in [0.15, 0.2) is 23.2 Å². The van der Waals surface area contributed by atoms with Crippen LogP contribution in [0.5, 0.6) is 11.5 Å². The lowest BCUT2D eigenvalue weighted by atomic mass is 10.2. The van der Waals surface area contributed by atoms with Gasteiger partial charge in [0.2, 0.25) is 6.79 Å². The number of aliphatic imine (C=N–C) groups is 1. The van der Waals surface area contributed by atoms with E-state index in [0.29, 0.717) is 19.3 Å². The van der Waals surface area contributed by atoms with Crippen LogP contribution in [-0.2, 0) is 11.3 Å². The molecular formula is C17H28IN3O3. The zero-order valence-corrected chi connectivity index (χ0v) is 17.0. The van der Waals surface area contributed by atoms with Crippen molar-refractivity contribution in [3.8, 4) is 11.5 Å². The van der Waals surface area contributed by atoms with E-state index in [0.717, 1.165) is 49.2 Å². The summed E-state index contributed by atoms with van der Waals surface area (Å²) in [4.78, 5) is 4.22. The second-order valence-electron chi connectivity index (χ2n) is 5.86. The molecule has 0 unspecified atom stereocenters. The smallest absolute Gasteiger partial charge is 0.231 e. The minimum Gasteiger partial charge on any atom is -0.454 e. The Morgan fingerprint density at radius 2 is 2.04 bits per heavy atom. The zero-order chi connectivity index (χ0) is 16.5. The Balaban J connectivity index is 0.00000288. The van der Waals surface area contributed by atoms with Gasteiger partial charge < -0.3 is 24.8 Å². The lowest BCUT2D eigenvalue weighted by Crippen LogP contribution is -2.37. The molecule has 2 N–H and O–H groups in total. The number of hydrogen-bond acceptors (Lipinski definition) is 4. The molecule has 0 aromatic heterocycles. The first-order chi connectivity index (χ1) is 11.2. The maximum absolute atomic E-state index is 5.56. The molecule has 0 atom stereocenters. The van der Waals surface area contributed by atoms with Crippen molar-refractivity contribution >= 4 is 29.9 Å². The molecule has 0 fully saturated rings. The molecule has 0 spiro atoms. The summed E-state index contributed by atoms with van der Waals surface area (Å²) in [6.07, 6.45) is 0.956. The first-order valence-electron chi connectivity index (χ1n) is 8.10. The normalized spacial score (nSPS) is 12.9. The summed E-state index contributed by atoms with van der Waals surface area (Å²) in [5.74, 6) is 2.97. The molecule has 1 aromatic carbocycles. The molecule has 0 aliphatic carbocycles. The quantitative estimate of drug-likeness (QED) is 0.277. The summed E-state index contributed by atoms with van der Waals surface area (Å²) < 4.78 is 16.2.